The fourth-order valence-corrected chi connectivity index (χ4v) is 2.03. The largest absolute Gasteiger partial charge is 0.507 e. The highest BCUT2D eigenvalue weighted by Crippen LogP contribution is 2.30. The van der Waals surface area contributed by atoms with Gasteiger partial charge in [-0.05, 0) is 24.3 Å². The minimum Gasteiger partial charge on any atom is -0.507 e. The molecule has 0 unspecified atom stereocenters. The normalized spacial score (nSPS) is 10.8. The summed E-state index contributed by atoms with van der Waals surface area (Å²) in [5.41, 5.74) is 0.606. The molecule has 0 aliphatic carbocycles. The Morgan fingerprint density at radius 3 is 2.81 bits per heavy atom. The molecule has 2 aromatic heterocycles. The first-order valence-electron chi connectivity index (χ1n) is 6.03. The number of esters is 1. The molecule has 7 heteroatoms. The van der Waals surface area contributed by atoms with Crippen molar-refractivity contribution < 1.29 is 19.0 Å². The number of ether oxygens (including phenoxy) is 1. The minimum atomic E-state index is -0.632. The van der Waals surface area contributed by atoms with E-state index in [4.69, 9.17) is 0 Å². The predicted molar refractivity (Wildman–Crippen MR) is 71.4 cm³/mol. The number of phenols is 1. The maximum atomic E-state index is 13.9. The molecule has 1 aromatic carbocycles. The van der Waals surface area contributed by atoms with Crippen LogP contribution in [0.5, 0.6) is 5.75 Å². The Morgan fingerprint density at radius 1 is 1.29 bits per heavy atom. The van der Waals surface area contributed by atoms with Crippen molar-refractivity contribution in [3.05, 3.63) is 47.9 Å². The van der Waals surface area contributed by atoms with Crippen molar-refractivity contribution in [2.75, 3.05) is 7.11 Å². The Kier molecular flexibility index (Phi) is 3.02. The van der Waals surface area contributed by atoms with Crippen molar-refractivity contribution in [1.82, 2.24) is 14.6 Å². The summed E-state index contributed by atoms with van der Waals surface area (Å²) in [6.45, 7) is 0. The molecule has 3 aromatic rings. The van der Waals surface area contributed by atoms with E-state index in [2.05, 4.69) is 14.9 Å². The van der Waals surface area contributed by atoms with Gasteiger partial charge in [-0.25, -0.2) is 9.18 Å². The van der Waals surface area contributed by atoms with Gasteiger partial charge in [-0.3, -0.25) is 4.40 Å². The van der Waals surface area contributed by atoms with Gasteiger partial charge >= 0.3 is 5.97 Å². The highest BCUT2D eigenvalue weighted by molar-refractivity contribution is 5.89. The zero-order valence-corrected chi connectivity index (χ0v) is 10.9. The van der Waals surface area contributed by atoms with Crippen LogP contribution in [0.1, 0.15) is 10.4 Å². The third kappa shape index (κ3) is 2.08. The number of nitrogens with zero attached hydrogens (tertiary/aromatic N) is 3. The highest BCUT2D eigenvalue weighted by atomic mass is 19.1. The number of hydrogen-bond acceptors (Lipinski definition) is 5. The molecule has 0 radical (unpaired) electrons. The van der Waals surface area contributed by atoms with Gasteiger partial charge in [0.25, 0.3) is 0 Å². The lowest BCUT2D eigenvalue weighted by atomic mass is 10.1. The van der Waals surface area contributed by atoms with E-state index in [0.717, 1.165) is 0 Å². The first kappa shape index (κ1) is 13.0. The van der Waals surface area contributed by atoms with Crippen LogP contribution in [0.4, 0.5) is 4.39 Å². The first-order valence-corrected chi connectivity index (χ1v) is 6.03. The van der Waals surface area contributed by atoms with Crippen molar-refractivity contribution in [2.24, 2.45) is 0 Å². The summed E-state index contributed by atoms with van der Waals surface area (Å²) in [7, 11) is 1.27. The lowest BCUT2D eigenvalue weighted by Crippen LogP contribution is -2.03. The van der Waals surface area contributed by atoms with Crippen LogP contribution in [-0.2, 0) is 4.74 Å². The summed E-state index contributed by atoms with van der Waals surface area (Å²) in [4.78, 5) is 11.6. The van der Waals surface area contributed by atoms with E-state index >= 15 is 0 Å². The number of carbonyl (C=O) groups is 1. The topological polar surface area (TPSA) is 76.7 Å². The summed E-state index contributed by atoms with van der Waals surface area (Å²) in [5.74, 6) is -1.32. The fraction of sp³-hybridized carbons (Fsp3) is 0.0714. The van der Waals surface area contributed by atoms with Gasteiger partial charge < -0.3 is 9.84 Å². The number of benzene rings is 1. The molecule has 21 heavy (non-hydrogen) atoms. The van der Waals surface area contributed by atoms with E-state index in [-0.39, 0.29) is 22.7 Å². The second-order valence-corrected chi connectivity index (χ2v) is 4.30. The maximum Gasteiger partial charge on any atom is 0.339 e. The molecule has 0 aliphatic rings. The third-order valence-electron chi connectivity index (χ3n) is 3.04. The summed E-state index contributed by atoms with van der Waals surface area (Å²) in [5, 5.41) is 17.6. The second-order valence-electron chi connectivity index (χ2n) is 4.30. The number of hydrogen-bond donors (Lipinski definition) is 1. The van der Waals surface area contributed by atoms with Crippen molar-refractivity contribution in [2.45, 2.75) is 0 Å². The number of aromatic hydroxyl groups is 1. The Balaban J connectivity index is 2.26. The SMILES string of the molecule is COC(=O)c1ccc2nnc(-c3c(O)cccc3F)n2c1. The monoisotopic (exact) mass is 287 g/mol. The number of methoxy groups -OCH3 is 1. The summed E-state index contributed by atoms with van der Waals surface area (Å²) in [6.07, 6.45) is 1.43. The van der Waals surface area contributed by atoms with Crippen LogP contribution in [0.2, 0.25) is 0 Å². The Morgan fingerprint density at radius 2 is 2.10 bits per heavy atom. The van der Waals surface area contributed by atoms with E-state index in [0.29, 0.717) is 5.65 Å². The molecule has 0 saturated heterocycles. The number of halogens is 1. The highest BCUT2D eigenvalue weighted by Gasteiger charge is 2.18. The number of fused-ring (bicyclic) bond motifs is 1. The number of phenolic OH excluding ortho intramolecular Hbond substituents is 1. The maximum absolute atomic E-state index is 13.9. The molecule has 0 bridgehead atoms. The molecule has 0 saturated carbocycles. The Bertz CT molecular complexity index is 824. The van der Waals surface area contributed by atoms with Gasteiger partial charge in [0, 0.05) is 6.20 Å². The van der Waals surface area contributed by atoms with Gasteiger partial charge in [0.15, 0.2) is 11.5 Å². The molecule has 0 amide bonds. The van der Waals surface area contributed by atoms with Crippen LogP contribution in [0.15, 0.2) is 36.5 Å². The van der Waals surface area contributed by atoms with Gasteiger partial charge in [0.2, 0.25) is 0 Å². The molecule has 3 rings (SSSR count). The van der Waals surface area contributed by atoms with Crippen LogP contribution in [0.3, 0.4) is 0 Å². The van der Waals surface area contributed by atoms with E-state index in [1.54, 1.807) is 6.07 Å². The van der Waals surface area contributed by atoms with Crippen LogP contribution < -0.4 is 0 Å². The number of carbonyl (C=O) groups excluding carboxylic acids is 1. The number of aromatic nitrogens is 3. The molecule has 1 N–H and O–H groups in total. The molecule has 0 atom stereocenters. The number of pyridine rings is 1. The molecule has 0 aliphatic heterocycles. The standard InChI is InChI=1S/C14H10FN3O3/c1-21-14(20)8-5-6-11-16-17-13(18(11)7-8)12-9(15)3-2-4-10(12)19/h2-7,19H,1H3. The van der Waals surface area contributed by atoms with Crippen molar-refractivity contribution in [3.8, 4) is 17.1 Å². The van der Waals surface area contributed by atoms with Crippen LogP contribution in [0.25, 0.3) is 17.0 Å². The van der Waals surface area contributed by atoms with E-state index in [9.17, 15) is 14.3 Å². The summed E-state index contributed by atoms with van der Waals surface area (Å²) >= 11 is 0. The van der Waals surface area contributed by atoms with E-state index in [1.807, 2.05) is 0 Å². The van der Waals surface area contributed by atoms with Crippen molar-refractivity contribution in [1.29, 1.82) is 0 Å². The average molecular weight is 287 g/mol. The number of rotatable bonds is 2. The molecular weight excluding hydrogens is 277 g/mol. The third-order valence-corrected chi connectivity index (χ3v) is 3.04. The quantitative estimate of drug-likeness (QED) is 0.730. The Hall–Kier alpha value is -2.96. The van der Waals surface area contributed by atoms with Gasteiger partial charge in [0.1, 0.15) is 11.6 Å². The van der Waals surface area contributed by atoms with Crippen LogP contribution in [0, 0.1) is 5.82 Å². The Labute approximate surface area is 118 Å². The summed E-state index contributed by atoms with van der Waals surface area (Å²) < 4.78 is 20.0. The van der Waals surface area contributed by atoms with Crippen molar-refractivity contribution >= 4 is 11.6 Å². The molecule has 6 nitrogen and oxygen atoms in total. The first-order chi connectivity index (χ1) is 10.1. The second kappa shape index (κ2) is 4.86. The molecule has 2 heterocycles. The minimum absolute atomic E-state index is 0.0768. The molecular formula is C14H10FN3O3. The zero-order valence-electron chi connectivity index (χ0n) is 10.9. The van der Waals surface area contributed by atoms with Gasteiger partial charge in [-0.2, -0.15) is 0 Å². The van der Waals surface area contributed by atoms with E-state index in [1.165, 1.54) is 42.0 Å². The van der Waals surface area contributed by atoms with Crippen LogP contribution >= 0.6 is 0 Å². The van der Waals surface area contributed by atoms with Crippen molar-refractivity contribution in [3.63, 3.8) is 0 Å². The van der Waals surface area contributed by atoms with Crippen LogP contribution in [-0.4, -0.2) is 32.8 Å². The molecule has 106 valence electrons. The van der Waals surface area contributed by atoms with Gasteiger partial charge in [0.05, 0.1) is 18.2 Å². The zero-order chi connectivity index (χ0) is 15.0. The van der Waals surface area contributed by atoms with E-state index < -0.39 is 11.8 Å². The average Bonchev–Trinajstić information content (AvgIpc) is 2.89. The predicted octanol–water partition coefficient (Wildman–Crippen LogP) is 2.03. The summed E-state index contributed by atoms with van der Waals surface area (Å²) in [6, 6.07) is 7.03. The smallest absolute Gasteiger partial charge is 0.339 e. The fourth-order valence-electron chi connectivity index (χ4n) is 2.03. The lowest BCUT2D eigenvalue weighted by Gasteiger charge is -2.05. The lowest BCUT2D eigenvalue weighted by molar-refractivity contribution is 0.0600. The van der Waals surface area contributed by atoms with Gasteiger partial charge in [-0.1, -0.05) is 6.07 Å². The molecule has 0 fully saturated rings. The molecule has 0 spiro atoms. The van der Waals surface area contributed by atoms with Gasteiger partial charge in [-0.15, -0.1) is 10.2 Å².